The standard InChI is InChI=1S/C13H17BrN2O/c1-15-6-3-7-16(10-13(15)17)9-11-4-2-5-12(14)8-11/h2,4-5,8H,3,6-7,9-10H2,1H3. The molecule has 1 aliphatic rings. The summed E-state index contributed by atoms with van der Waals surface area (Å²) in [7, 11) is 1.88. The monoisotopic (exact) mass is 296 g/mol. The molecule has 0 bridgehead atoms. The molecular weight excluding hydrogens is 280 g/mol. The van der Waals surface area contributed by atoms with Crippen molar-refractivity contribution in [3.8, 4) is 0 Å². The predicted molar refractivity (Wildman–Crippen MR) is 71.7 cm³/mol. The molecule has 0 radical (unpaired) electrons. The van der Waals surface area contributed by atoms with E-state index in [0.717, 1.165) is 30.5 Å². The Morgan fingerprint density at radius 3 is 2.94 bits per heavy atom. The fourth-order valence-electron chi connectivity index (χ4n) is 2.08. The van der Waals surface area contributed by atoms with E-state index in [0.29, 0.717) is 6.54 Å². The van der Waals surface area contributed by atoms with Crippen molar-refractivity contribution in [2.24, 2.45) is 0 Å². The summed E-state index contributed by atoms with van der Waals surface area (Å²) in [5.41, 5.74) is 1.25. The third-order valence-electron chi connectivity index (χ3n) is 3.05. The van der Waals surface area contributed by atoms with Crippen LogP contribution in [0.5, 0.6) is 0 Å². The van der Waals surface area contributed by atoms with Crippen molar-refractivity contribution in [2.75, 3.05) is 26.7 Å². The van der Waals surface area contributed by atoms with Gasteiger partial charge in [-0.1, -0.05) is 28.1 Å². The van der Waals surface area contributed by atoms with Crippen LogP contribution in [0.4, 0.5) is 0 Å². The molecule has 0 N–H and O–H groups in total. The van der Waals surface area contributed by atoms with Gasteiger partial charge < -0.3 is 4.90 Å². The van der Waals surface area contributed by atoms with E-state index in [1.54, 1.807) is 0 Å². The van der Waals surface area contributed by atoms with Crippen molar-refractivity contribution in [3.05, 3.63) is 34.3 Å². The molecule has 2 rings (SSSR count). The van der Waals surface area contributed by atoms with Gasteiger partial charge in [0.1, 0.15) is 0 Å². The molecule has 0 unspecified atom stereocenters. The van der Waals surface area contributed by atoms with Crippen LogP contribution in [0.1, 0.15) is 12.0 Å². The van der Waals surface area contributed by atoms with E-state index in [1.807, 2.05) is 24.1 Å². The van der Waals surface area contributed by atoms with Gasteiger partial charge in [-0.3, -0.25) is 9.69 Å². The maximum atomic E-state index is 11.8. The fraction of sp³-hybridized carbons (Fsp3) is 0.462. The quantitative estimate of drug-likeness (QED) is 0.835. The largest absolute Gasteiger partial charge is 0.345 e. The number of nitrogens with zero attached hydrogens (tertiary/aromatic N) is 2. The maximum absolute atomic E-state index is 11.8. The highest BCUT2D eigenvalue weighted by Crippen LogP contribution is 2.14. The van der Waals surface area contributed by atoms with Crippen LogP contribution in [0.25, 0.3) is 0 Å². The van der Waals surface area contributed by atoms with E-state index in [2.05, 4.69) is 33.0 Å². The molecule has 0 aromatic heterocycles. The lowest BCUT2D eigenvalue weighted by atomic mass is 10.2. The summed E-state index contributed by atoms with van der Waals surface area (Å²) in [6.07, 6.45) is 1.05. The van der Waals surface area contributed by atoms with E-state index in [9.17, 15) is 4.79 Å². The van der Waals surface area contributed by atoms with Crippen LogP contribution in [-0.4, -0.2) is 42.4 Å². The Balaban J connectivity index is 2.01. The average molecular weight is 297 g/mol. The van der Waals surface area contributed by atoms with E-state index < -0.39 is 0 Å². The van der Waals surface area contributed by atoms with Crippen molar-refractivity contribution < 1.29 is 4.79 Å². The number of hydrogen-bond acceptors (Lipinski definition) is 2. The highest BCUT2D eigenvalue weighted by Gasteiger charge is 2.18. The smallest absolute Gasteiger partial charge is 0.236 e. The molecular formula is C13H17BrN2O. The third-order valence-corrected chi connectivity index (χ3v) is 3.54. The molecule has 92 valence electrons. The van der Waals surface area contributed by atoms with Gasteiger partial charge in [-0.2, -0.15) is 0 Å². The van der Waals surface area contributed by atoms with Gasteiger partial charge in [0.25, 0.3) is 0 Å². The van der Waals surface area contributed by atoms with E-state index >= 15 is 0 Å². The molecule has 0 spiro atoms. The first-order valence-corrected chi connectivity index (χ1v) is 6.65. The SMILES string of the molecule is CN1CCCN(Cc2cccc(Br)c2)CC1=O. The topological polar surface area (TPSA) is 23.6 Å². The second kappa shape index (κ2) is 5.65. The molecule has 0 atom stereocenters. The minimum Gasteiger partial charge on any atom is -0.345 e. The molecule has 1 fully saturated rings. The molecule has 1 aromatic carbocycles. The summed E-state index contributed by atoms with van der Waals surface area (Å²) in [6.45, 7) is 3.23. The van der Waals surface area contributed by atoms with Gasteiger partial charge in [-0.25, -0.2) is 0 Å². The zero-order valence-corrected chi connectivity index (χ0v) is 11.6. The second-order valence-electron chi connectivity index (χ2n) is 4.51. The summed E-state index contributed by atoms with van der Waals surface area (Å²) in [4.78, 5) is 15.8. The highest BCUT2D eigenvalue weighted by molar-refractivity contribution is 9.10. The van der Waals surface area contributed by atoms with Crippen molar-refractivity contribution >= 4 is 21.8 Å². The highest BCUT2D eigenvalue weighted by atomic mass is 79.9. The molecule has 1 saturated heterocycles. The third kappa shape index (κ3) is 3.54. The summed E-state index contributed by atoms with van der Waals surface area (Å²) in [6, 6.07) is 8.26. The van der Waals surface area contributed by atoms with Gasteiger partial charge in [0, 0.05) is 31.2 Å². The number of carbonyl (C=O) groups is 1. The van der Waals surface area contributed by atoms with Crippen LogP contribution in [0.15, 0.2) is 28.7 Å². The van der Waals surface area contributed by atoms with Crippen molar-refractivity contribution in [1.29, 1.82) is 0 Å². The Kier molecular flexibility index (Phi) is 4.18. The van der Waals surface area contributed by atoms with Crippen molar-refractivity contribution in [1.82, 2.24) is 9.80 Å². The zero-order chi connectivity index (χ0) is 12.3. The molecule has 3 nitrogen and oxygen atoms in total. The van der Waals surface area contributed by atoms with E-state index in [1.165, 1.54) is 5.56 Å². The van der Waals surface area contributed by atoms with Crippen LogP contribution in [0.2, 0.25) is 0 Å². The molecule has 17 heavy (non-hydrogen) atoms. The van der Waals surface area contributed by atoms with Gasteiger partial charge in [-0.15, -0.1) is 0 Å². The Hall–Kier alpha value is -0.870. The number of hydrogen-bond donors (Lipinski definition) is 0. The van der Waals surface area contributed by atoms with Gasteiger partial charge >= 0.3 is 0 Å². The van der Waals surface area contributed by atoms with Gasteiger partial charge in [0.15, 0.2) is 0 Å². The van der Waals surface area contributed by atoms with Crippen LogP contribution in [0, 0.1) is 0 Å². The van der Waals surface area contributed by atoms with E-state index in [-0.39, 0.29) is 5.91 Å². The fourth-order valence-corrected chi connectivity index (χ4v) is 2.52. The van der Waals surface area contributed by atoms with Gasteiger partial charge in [-0.05, 0) is 24.1 Å². The minimum atomic E-state index is 0.220. The minimum absolute atomic E-state index is 0.220. The molecule has 1 heterocycles. The van der Waals surface area contributed by atoms with E-state index in [4.69, 9.17) is 0 Å². The molecule has 4 heteroatoms. The average Bonchev–Trinajstić information content (AvgIpc) is 2.42. The number of amides is 1. The number of rotatable bonds is 2. The summed E-state index contributed by atoms with van der Waals surface area (Å²) in [5, 5.41) is 0. The molecule has 0 aliphatic carbocycles. The number of likely N-dealkylation sites (N-methyl/N-ethyl adjacent to an activating group) is 1. The number of carbonyl (C=O) groups excluding carboxylic acids is 1. The van der Waals surface area contributed by atoms with Crippen molar-refractivity contribution in [2.45, 2.75) is 13.0 Å². The second-order valence-corrected chi connectivity index (χ2v) is 5.43. The maximum Gasteiger partial charge on any atom is 0.236 e. The molecule has 0 saturated carbocycles. The first-order chi connectivity index (χ1) is 8.15. The molecule has 1 aliphatic heterocycles. The van der Waals surface area contributed by atoms with Crippen LogP contribution < -0.4 is 0 Å². The Morgan fingerprint density at radius 2 is 2.18 bits per heavy atom. The Labute approximate surface area is 111 Å². The lowest BCUT2D eigenvalue weighted by Crippen LogP contribution is -2.34. The van der Waals surface area contributed by atoms with Crippen molar-refractivity contribution in [3.63, 3.8) is 0 Å². The lowest BCUT2D eigenvalue weighted by Gasteiger charge is -2.19. The van der Waals surface area contributed by atoms with Crippen LogP contribution >= 0.6 is 15.9 Å². The Bertz CT molecular complexity index is 408. The number of benzene rings is 1. The van der Waals surface area contributed by atoms with Gasteiger partial charge in [0.2, 0.25) is 5.91 Å². The normalized spacial score (nSPS) is 18.2. The molecule has 1 aromatic rings. The first kappa shape index (κ1) is 12.6. The summed E-state index contributed by atoms with van der Waals surface area (Å²) in [5.74, 6) is 0.220. The van der Waals surface area contributed by atoms with Crippen LogP contribution in [0.3, 0.4) is 0 Å². The van der Waals surface area contributed by atoms with Crippen LogP contribution in [-0.2, 0) is 11.3 Å². The zero-order valence-electron chi connectivity index (χ0n) is 10.0. The summed E-state index contributed by atoms with van der Waals surface area (Å²) >= 11 is 3.47. The van der Waals surface area contributed by atoms with Gasteiger partial charge in [0.05, 0.1) is 6.54 Å². The summed E-state index contributed by atoms with van der Waals surface area (Å²) < 4.78 is 1.09. The first-order valence-electron chi connectivity index (χ1n) is 5.86. The lowest BCUT2D eigenvalue weighted by molar-refractivity contribution is -0.129. The number of halogens is 1. The predicted octanol–water partition coefficient (Wildman–Crippen LogP) is 2.11. The Morgan fingerprint density at radius 1 is 1.35 bits per heavy atom. The molecule has 1 amide bonds.